The Morgan fingerprint density at radius 1 is 1.03 bits per heavy atom. The molecule has 1 aliphatic rings. The molecule has 0 saturated carbocycles. The lowest BCUT2D eigenvalue weighted by Crippen LogP contribution is -2.35. The number of aromatic nitrogens is 1. The number of ether oxygens (including phenoxy) is 3. The first-order chi connectivity index (χ1) is 14.5. The summed E-state index contributed by atoms with van der Waals surface area (Å²) in [4.78, 5) is 30.4. The van der Waals surface area contributed by atoms with Crippen molar-refractivity contribution in [1.82, 2.24) is 9.88 Å². The third-order valence-electron chi connectivity index (χ3n) is 5.38. The van der Waals surface area contributed by atoms with Crippen LogP contribution in [0, 0.1) is 0 Å². The van der Waals surface area contributed by atoms with Crippen LogP contribution in [0.15, 0.2) is 34.8 Å². The first-order valence-corrected chi connectivity index (χ1v) is 10.2. The number of esters is 1. The quantitative estimate of drug-likeness (QED) is 0.581. The highest BCUT2D eigenvalue weighted by molar-refractivity contribution is 9.10. The maximum Gasteiger partial charge on any atom is 0.337 e. The van der Waals surface area contributed by atoms with Gasteiger partial charge in [0.15, 0.2) is 0 Å². The van der Waals surface area contributed by atoms with Crippen LogP contribution in [0.3, 0.4) is 0 Å². The number of benzene rings is 2. The number of amides is 1. The number of carbonyl (C=O) groups is 2. The third-order valence-corrected chi connectivity index (χ3v) is 6.16. The first kappa shape index (κ1) is 20.3. The second-order valence-electron chi connectivity index (χ2n) is 7.01. The van der Waals surface area contributed by atoms with Crippen molar-refractivity contribution in [2.24, 2.45) is 0 Å². The number of halogens is 1. The Balaban J connectivity index is 1.68. The van der Waals surface area contributed by atoms with E-state index in [4.69, 9.17) is 14.2 Å². The maximum atomic E-state index is 13.3. The maximum absolute atomic E-state index is 13.3. The van der Waals surface area contributed by atoms with Crippen molar-refractivity contribution < 1.29 is 23.8 Å². The summed E-state index contributed by atoms with van der Waals surface area (Å²) in [6, 6.07) is 8.83. The number of nitrogens with zero attached hydrogens (tertiary/aromatic N) is 1. The molecule has 30 heavy (non-hydrogen) atoms. The number of fused-ring (bicyclic) bond motifs is 3. The summed E-state index contributed by atoms with van der Waals surface area (Å²) in [5.74, 6) is 0.572. The molecule has 4 rings (SSSR count). The predicted molar refractivity (Wildman–Crippen MR) is 115 cm³/mol. The molecule has 1 amide bonds. The average Bonchev–Trinajstić information content (AvgIpc) is 3.15. The van der Waals surface area contributed by atoms with Gasteiger partial charge < -0.3 is 24.1 Å². The largest absolute Gasteiger partial charge is 0.495 e. The minimum Gasteiger partial charge on any atom is -0.495 e. The lowest BCUT2D eigenvalue weighted by molar-refractivity contribution is 0.0600. The standard InChI is InChI=1S/C22H21BrN2O5/c1-28-18-9-13(10-19(29-2)20(18)23)21(26)25-7-6-17-15(11-25)14-8-12(22(27)30-3)4-5-16(14)24-17/h4-5,8-10,24H,6-7,11H2,1-3H3. The van der Waals surface area contributed by atoms with Crippen molar-refractivity contribution in [3.05, 3.63) is 57.2 Å². The summed E-state index contributed by atoms with van der Waals surface area (Å²) < 4.78 is 16.2. The molecular formula is C22H21BrN2O5. The number of hydrogen-bond acceptors (Lipinski definition) is 5. The molecule has 0 radical (unpaired) electrons. The molecule has 2 aromatic carbocycles. The van der Waals surface area contributed by atoms with Crippen LogP contribution in [-0.4, -0.2) is 49.6 Å². The summed E-state index contributed by atoms with van der Waals surface area (Å²) in [6.45, 7) is 1.03. The Bertz CT molecular complexity index is 1130. The minimum atomic E-state index is -0.385. The van der Waals surface area contributed by atoms with Crippen LogP contribution in [0.2, 0.25) is 0 Å². The van der Waals surface area contributed by atoms with Crippen LogP contribution in [-0.2, 0) is 17.7 Å². The summed E-state index contributed by atoms with van der Waals surface area (Å²) in [7, 11) is 4.46. The van der Waals surface area contributed by atoms with E-state index in [1.54, 1.807) is 37.3 Å². The molecule has 0 spiro atoms. The normalized spacial score (nSPS) is 13.1. The van der Waals surface area contributed by atoms with Crippen LogP contribution in [0.4, 0.5) is 0 Å². The smallest absolute Gasteiger partial charge is 0.337 e. The zero-order valence-electron chi connectivity index (χ0n) is 16.9. The van der Waals surface area contributed by atoms with Gasteiger partial charge in [-0.25, -0.2) is 4.79 Å². The van der Waals surface area contributed by atoms with E-state index >= 15 is 0 Å². The van der Waals surface area contributed by atoms with E-state index < -0.39 is 0 Å². The highest BCUT2D eigenvalue weighted by atomic mass is 79.9. The molecule has 0 saturated heterocycles. The van der Waals surface area contributed by atoms with Crippen LogP contribution in [0.1, 0.15) is 32.0 Å². The molecule has 8 heteroatoms. The monoisotopic (exact) mass is 472 g/mol. The van der Waals surface area contributed by atoms with Crippen LogP contribution in [0.25, 0.3) is 10.9 Å². The van der Waals surface area contributed by atoms with Crippen LogP contribution < -0.4 is 9.47 Å². The van der Waals surface area contributed by atoms with E-state index in [2.05, 4.69) is 20.9 Å². The zero-order chi connectivity index (χ0) is 21.4. The second-order valence-corrected chi connectivity index (χ2v) is 7.80. The number of carbonyl (C=O) groups excluding carboxylic acids is 2. The molecule has 0 atom stereocenters. The molecule has 156 valence electrons. The van der Waals surface area contributed by atoms with Gasteiger partial charge in [0.1, 0.15) is 16.0 Å². The molecule has 1 aromatic heterocycles. The van der Waals surface area contributed by atoms with Crippen molar-refractivity contribution in [2.75, 3.05) is 27.9 Å². The first-order valence-electron chi connectivity index (χ1n) is 9.39. The molecule has 0 unspecified atom stereocenters. The molecule has 2 heterocycles. The van der Waals surface area contributed by atoms with Gasteiger partial charge in [-0.15, -0.1) is 0 Å². The number of H-pyrrole nitrogens is 1. The zero-order valence-corrected chi connectivity index (χ0v) is 18.5. The second kappa shape index (κ2) is 8.02. The van der Waals surface area contributed by atoms with Crippen molar-refractivity contribution >= 4 is 38.7 Å². The molecule has 0 aliphatic carbocycles. The number of methoxy groups -OCH3 is 3. The summed E-state index contributed by atoms with van der Waals surface area (Å²) >= 11 is 3.43. The van der Waals surface area contributed by atoms with Crippen LogP contribution in [0.5, 0.6) is 11.5 Å². The fourth-order valence-corrected chi connectivity index (χ4v) is 4.36. The highest BCUT2D eigenvalue weighted by Crippen LogP contribution is 2.36. The highest BCUT2D eigenvalue weighted by Gasteiger charge is 2.26. The van der Waals surface area contributed by atoms with E-state index in [-0.39, 0.29) is 11.9 Å². The van der Waals surface area contributed by atoms with E-state index in [0.29, 0.717) is 46.6 Å². The van der Waals surface area contributed by atoms with Crippen molar-refractivity contribution in [3.63, 3.8) is 0 Å². The number of aromatic amines is 1. The van der Waals surface area contributed by atoms with Gasteiger partial charge in [-0.05, 0) is 46.3 Å². The number of rotatable bonds is 4. The lowest BCUT2D eigenvalue weighted by atomic mass is 10.0. The van der Waals surface area contributed by atoms with Crippen molar-refractivity contribution in [3.8, 4) is 11.5 Å². The van der Waals surface area contributed by atoms with Gasteiger partial charge in [-0.1, -0.05) is 0 Å². The summed E-state index contributed by atoms with van der Waals surface area (Å²) in [5.41, 5.74) is 4.02. The Morgan fingerprint density at radius 3 is 2.37 bits per heavy atom. The van der Waals surface area contributed by atoms with Crippen molar-refractivity contribution in [1.29, 1.82) is 0 Å². The summed E-state index contributed by atoms with van der Waals surface area (Å²) in [5, 5.41) is 0.927. The van der Waals surface area contributed by atoms with E-state index in [9.17, 15) is 9.59 Å². The predicted octanol–water partition coefficient (Wildman–Crippen LogP) is 3.93. The molecule has 1 N–H and O–H groups in total. The van der Waals surface area contributed by atoms with Gasteiger partial charge in [-0.3, -0.25) is 4.79 Å². The number of nitrogens with one attached hydrogen (secondary N) is 1. The van der Waals surface area contributed by atoms with E-state index in [1.165, 1.54) is 7.11 Å². The fraction of sp³-hybridized carbons (Fsp3) is 0.273. The lowest BCUT2D eigenvalue weighted by Gasteiger charge is -2.27. The van der Waals surface area contributed by atoms with E-state index in [1.807, 2.05) is 12.1 Å². The minimum absolute atomic E-state index is 0.108. The topological polar surface area (TPSA) is 80.9 Å². The van der Waals surface area contributed by atoms with Gasteiger partial charge >= 0.3 is 5.97 Å². The van der Waals surface area contributed by atoms with E-state index in [0.717, 1.165) is 22.2 Å². The molecule has 1 aliphatic heterocycles. The SMILES string of the molecule is COC(=O)c1ccc2[nH]c3c(c2c1)CN(C(=O)c1cc(OC)c(Br)c(OC)c1)CC3. The van der Waals surface area contributed by atoms with Gasteiger partial charge in [0.25, 0.3) is 5.91 Å². The summed E-state index contributed by atoms with van der Waals surface area (Å²) in [6.07, 6.45) is 0.702. The Kier molecular flexibility index (Phi) is 5.42. The van der Waals surface area contributed by atoms with Gasteiger partial charge in [0, 0.05) is 47.2 Å². The van der Waals surface area contributed by atoms with Crippen molar-refractivity contribution in [2.45, 2.75) is 13.0 Å². The average molecular weight is 473 g/mol. The third kappa shape index (κ3) is 3.41. The number of hydrogen-bond donors (Lipinski definition) is 1. The molecule has 3 aromatic rings. The van der Waals surface area contributed by atoms with Gasteiger partial charge in [0.05, 0.1) is 26.9 Å². The molecule has 0 bridgehead atoms. The molecule has 0 fully saturated rings. The Labute approximate surface area is 182 Å². The molecular weight excluding hydrogens is 452 g/mol. The van der Waals surface area contributed by atoms with Gasteiger partial charge in [0.2, 0.25) is 0 Å². The van der Waals surface area contributed by atoms with Gasteiger partial charge in [-0.2, -0.15) is 0 Å². The Morgan fingerprint density at radius 2 is 1.73 bits per heavy atom. The molecule has 7 nitrogen and oxygen atoms in total. The fourth-order valence-electron chi connectivity index (χ4n) is 3.81. The Hall–Kier alpha value is -3.00. The van der Waals surface area contributed by atoms with Crippen LogP contribution >= 0.6 is 15.9 Å².